The average Bonchev–Trinajstić information content (AvgIpc) is 2.21. The molecule has 0 radical (unpaired) electrons. The molecule has 0 saturated heterocycles. The van der Waals surface area contributed by atoms with Crippen molar-refractivity contribution in [3.63, 3.8) is 0 Å². The van der Waals surface area contributed by atoms with Crippen molar-refractivity contribution in [1.82, 2.24) is 22.1 Å². The Hall–Kier alpha value is -1.84. The Morgan fingerprint density at radius 1 is 0.833 bits per heavy atom. The van der Waals surface area contributed by atoms with Crippen LogP contribution in [-0.4, -0.2) is 49.8 Å². The number of carbonyl (C=O) groups excluding carboxylic acids is 2. The van der Waals surface area contributed by atoms with Crippen molar-refractivity contribution in [3.05, 3.63) is 23.6 Å². The molecule has 6 nitrogen and oxygen atoms in total. The summed E-state index contributed by atoms with van der Waals surface area (Å²) in [5, 5.41) is 0. The zero-order valence-corrected chi connectivity index (χ0v) is 11.7. The van der Waals surface area contributed by atoms with Crippen molar-refractivity contribution < 1.29 is 9.59 Å². The molecule has 0 bridgehead atoms. The van der Waals surface area contributed by atoms with Gasteiger partial charge >= 0.3 is 0 Å². The van der Waals surface area contributed by atoms with Gasteiger partial charge in [0, 0.05) is 28.2 Å². The molecule has 0 heterocycles. The fourth-order valence-electron chi connectivity index (χ4n) is 0.760. The SMILES string of the molecule is CN(C)C(=O)CC=C=C=CCC(=O)N(C)C.N.N. The molecule has 2 amide bonds. The number of hydrogen-bond acceptors (Lipinski definition) is 4. The van der Waals surface area contributed by atoms with Gasteiger partial charge in [0.2, 0.25) is 11.8 Å². The maximum atomic E-state index is 11.1. The topological polar surface area (TPSA) is 111 Å². The summed E-state index contributed by atoms with van der Waals surface area (Å²) in [6.45, 7) is 0. The van der Waals surface area contributed by atoms with E-state index in [1.807, 2.05) is 0 Å². The molecule has 0 aliphatic rings. The van der Waals surface area contributed by atoms with Crippen LogP contribution in [0.2, 0.25) is 0 Å². The van der Waals surface area contributed by atoms with Gasteiger partial charge in [0.1, 0.15) is 0 Å². The normalized spacial score (nSPS) is 7.56. The van der Waals surface area contributed by atoms with Crippen molar-refractivity contribution in [3.8, 4) is 0 Å². The summed E-state index contributed by atoms with van der Waals surface area (Å²) in [5.74, 6) is 0.0253. The van der Waals surface area contributed by atoms with E-state index in [1.165, 1.54) is 9.80 Å². The van der Waals surface area contributed by atoms with E-state index in [2.05, 4.69) is 11.5 Å². The summed E-state index contributed by atoms with van der Waals surface area (Å²) in [5.41, 5.74) is 5.43. The highest BCUT2D eigenvalue weighted by molar-refractivity contribution is 5.77. The standard InChI is InChI=1S/C12H18N2O2.2H3N/c1-13(2)11(15)9-7-5-6-8-10-12(16)14(3)4;;/h7-8H,9-10H2,1-4H3;2*1H3. The zero-order valence-electron chi connectivity index (χ0n) is 11.7. The second-order valence-electron chi connectivity index (χ2n) is 3.68. The first kappa shape index (κ1) is 21.4. The lowest BCUT2D eigenvalue weighted by molar-refractivity contribution is -0.128. The Labute approximate surface area is 109 Å². The van der Waals surface area contributed by atoms with Crippen LogP contribution < -0.4 is 12.3 Å². The first-order valence-corrected chi connectivity index (χ1v) is 5.00. The van der Waals surface area contributed by atoms with E-state index in [0.717, 1.165) is 0 Å². The maximum Gasteiger partial charge on any atom is 0.226 e. The molecule has 0 atom stereocenters. The van der Waals surface area contributed by atoms with E-state index in [4.69, 9.17) is 0 Å². The van der Waals surface area contributed by atoms with Crippen LogP contribution in [-0.2, 0) is 9.59 Å². The van der Waals surface area contributed by atoms with Crippen LogP contribution in [0.5, 0.6) is 0 Å². The zero-order chi connectivity index (χ0) is 12.6. The van der Waals surface area contributed by atoms with Gasteiger partial charge in [0.05, 0.1) is 12.8 Å². The number of nitrogens with zero attached hydrogens (tertiary/aromatic N) is 2. The number of amides is 2. The highest BCUT2D eigenvalue weighted by atomic mass is 16.2. The molecule has 18 heavy (non-hydrogen) atoms. The van der Waals surface area contributed by atoms with E-state index in [0.29, 0.717) is 12.8 Å². The van der Waals surface area contributed by atoms with Crippen molar-refractivity contribution in [2.45, 2.75) is 12.8 Å². The first-order chi connectivity index (χ1) is 7.45. The monoisotopic (exact) mass is 256 g/mol. The predicted octanol–water partition coefficient (Wildman–Crippen LogP) is 1.13. The summed E-state index contributed by atoms with van der Waals surface area (Å²) >= 11 is 0. The third-order valence-electron chi connectivity index (χ3n) is 1.84. The van der Waals surface area contributed by atoms with E-state index < -0.39 is 0 Å². The molecule has 6 heteroatoms. The molecular formula is C12H24N4O2. The van der Waals surface area contributed by atoms with Gasteiger partial charge in [-0.2, -0.15) is 0 Å². The van der Waals surface area contributed by atoms with Crippen LogP contribution in [0.25, 0.3) is 0 Å². The van der Waals surface area contributed by atoms with Crippen molar-refractivity contribution >= 4 is 11.8 Å². The molecule has 0 aliphatic carbocycles. The van der Waals surface area contributed by atoms with E-state index in [9.17, 15) is 9.59 Å². The number of rotatable bonds is 4. The fraction of sp³-hybridized carbons (Fsp3) is 0.500. The van der Waals surface area contributed by atoms with E-state index >= 15 is 0 Å². The molecule has 0 saturated carbocycles. The summed E-state index contributed by atoms with van der Waals surface area (Å²) in [4.78, 5) is 25.3. The second kappa shape index (κ2) is 11.6. The van der Waals surface area contributed by atoms with Gasteiger partial charge in [-0.15, -0.1) is 0 Å². The average molecular weight is 256 g/mol. The summed E-state index contributed by atoms with van der Waals surface area (Å²) in [6.07, 6.45) is 3.79. The molecule has 0 fully saturated rings. The highest BCUT2D eigenvalue weighted by Gasteiger charge is 1.99. The van der Waals surface area contributed by atoms with Crippen LogP contribution in [0, 0.1) is 0 Å². The predicted molar refractivity (Wildman–Crippen MR) is 72.8 cm³/mol. The summed E-state index contributed by atoms with van der Waals surface area (Å²) < 4.78 is 0. The van der Waals surface area contributed by atoms with Crippen LogP contribution in [0.3, 0.4) is 0 Å². The lowest BCUT2D eigenvalue weighted by Crippen LogP contribution is -2.20. The lowest BCUT2D eigenvalue weighted by Gasteiger charge is -2.06. The van der Waals surface area contributed by atoms with Gasteiger partial charge in [-0.25, -0.2) is 0 Å². The third kappa shape index (κ3) is 10.7. The Bertz CT molecular complexity index is 315. The summed E-state index contributed by atoms with van der Waals surface area (Å²) in [7, 11) is 6.80. The smallest absolute Gasteiger partial charge is 0.226 e. The second-order valence-corrected chi connectivity index (χ2v) is 3.68. The van der Waals surface area contributed by atoms with Gasteiger partial charge in [-0.1, -0.05) is 11.5 Å². The minimum absolute atomic E-state index is 0. The minimum Gasteiger partial charge on any atom is -0.349 e. The molecule has 0 aromatic carbocycles. The Morgan fingerprint density at radius 3 is 1.33 bits per heavy atom. The Kier molecular flexibility index (Phi) is 13.9. The molecular weight excluding hydrogens is 232 g/mol. The van der Waals surface area contributed by atoms with Crippen molar-refractivity contribution in [2.75, 3.05) is 28.2 Å². The highest BCUT2D eigenvalue weighted by Crippen LogP contribution is 1.89. The van der Waals surface area contributed by atoms with Gasteiger partial charge in [0.15, 0.2) is 0 Å². The van der Waals surface area contributed by atoms with Crippen LogP contribution >= 0.6 is 0 Å². The molecule has 0 aromatic rings. The van der Waals surface area contributed by atoms with Crippen LogP contribution in [0.15, 0.2) is 23.6 Å². The van der Waals surface area contributed by atoms with Gasteiger partial charge in [0.25, 0.3) is 0 Å². The largest absolute Gasteiger partial charge is 0.349 e. The quantitative estimate of drug-likeness (QED) is 0.734. The molecule has 104 valence electrons. The molecule has 6 N–H and O–H groups in total. The number of carbonyl (C=O) groups is 2. The van der Waals surface area contributed by atoms with Crippen LogP contribution in [0.1, 0.15) is 12.8 Å². The lowest BCUT2D eigenvalue weighted by atomic mass is 10.3. The van der Waals surface area contributed by atoms with Crippen molar-refractivity contribution in [1.29, 1.82) is 0 Å². The molecule has 0 spiro atoms. The van der Waals surface area contributed by atoms with Gasteiger partial charge in [-0.05, 0) is 12.2 Å². The minimum atomic E-state index is 0. The Balaban J connectivity index is -0.00000112. The van der Waals surface area contributed by atoms with E-state index in [-0.39, 0.29) is 24.1 Å². The molecule has 0 aromatic heterocycles. The molecule has 0 aliphatic heterocycles. The van der Waals surface area contributed by atoms with Crippen LogP contribution in [0.4, 0.5) is 0 Å². The summed E-state index contributed by atoms with van der Waals surface area (Å²) in [6, 6.07) is 0. The van der Waals surface area contributed by atoms with E-state index in [1.54, 1.807) is 40.3 Å². The molecule has 0 rings (SSSR count). The third-order valence-corrected chi connectivity index (χ3v) is 1.84. The van der Waals surface area contributed by atoms with Gasteiger partial charge < -0.3 is 22.1 Å². The van der Waals surface area contributed by atoms with Gasteiger partial charge in [-0.3, -0.25) is 9.59 Å². The first-order valence-electron chi connectivity index (χ1n) is 5.00. The maximum absolute atomic E-state index is 11.1. The fourth-order valence-corrected chi connectivity index (χ4v) is 0.760. The molecule has 0 unspecified atom stereocenters. The Morgan fingerprint density at radius 2 is 1.11 bits per heavy atom. The number of hydrogen-bond donors (Lipinski definition) is 2. The van der Waals surface area contributed by atoms with Crippen molar-refractivity contribution in [2.24, 2.45) is 0 Å².